The smallest absolute Gasteiger partial charge is 0.265 e. The zero-order chi connectivity index (χ0) is 34.2. The highest BCUT2D eigenvalue weighted by Gasteiger charge is 2.30. The van der Waals surface area contributed by atoms with Crippen LogP contribution in [0, 0.1) is 0 Å². The Morgan fingerprint density at radius 2 is 1.50 bits per heavy atom. The summed E-state index contributed by atoms with van der Waals surface area (Å²) in [5, 5.41) is 8.15. The van der Waals surface area contributed by atoms with Crippen LogP contribution in [0.4, 0.5) is 0 Å². The number of guanidine groups is 1. The number of nitrogens with zero attached hydrogens (tertiary/aromatic N) is 2. The number of thiocarbonyl (C=S) groups is 1. The predicted molar refractivity (Wildman–Crippen MR) is 184 cm³/mol. The molecule has 0 spiro atoms. The second-order valence-corrected chi connectivity index (χ2v) is 12.5. The molecule has 16 heteroatoms. The molecule has 0 unspecified atom stereocenters. The summed E-state index contributed by atoms with van der Waals surface area (Å²) in [7, 11) is 1.61. The molecule has 1 aliphatic rings. The molecule has 1 aliphatic heterocycles. The van der Waals surface area contributed by atoms with E-state index in [0.717, 1.165) is 6.42 Å². The molecule has 252 valence electrons. The standard InChI is InChI=1S/C30H45N9O5S2/c1-3-4-8-20(24(32)40)36-26(42)21(9-5-6-15-31)38-27(43)22(10-7-16-35-29(33)34)37-25(41)19-13-11-18(12-14-19)17-23-28(44)39(2)30(45)46-23/h11-14,17,20-22H,3-10,15-16,31H2,1-2H3,(H2,32,40)(H,36,42)(H,37,41)(H,38,43)(H4,33,34,35)/b23-17-/t20-,21-,22-/m0/s1. The van der Waals surface area contributed by atoms with Gasteiger partial charge in [0.2, 0.25) is 17.7 Å². The van der Waals surface area contributed by atoms with Crippen LogP contribution in [0.15, 0.2) is 34.2 Å². The van der Waals surface area contributed by atoms with Crippen molar-refractivity contribution in [3.63, 3.8) is 0 Å². The van der Waals surface area contributed by atoms with Gasteiger partial charge in [0.15, 0.2) is 5.96 Å². The first-order valence-corrected chi connectivity index (χ1v) is 16.4. The number of hydrogen-bond donors (Lipinski definition) is 7. The second-order valence-electron chi connectivity index (χ2n) is 10.8. The number of carbonyl (C=O) groups excluding carboxylic acids is 5. The fourth-order valence-corrected chi connectivity index (χ4v) is 5.62. The summed E-state index contributed by atoms with van der Waals surface area (Å²) in [4.78, 5) is 70.1. The number of hydrogen-bond acceptors (Lipinski definition) is 9. The van der Waals surface area contributed by atoms with Gasteiger partial charge in [0.25, 0.3) is 11.8 Å². The van der Waals surface area contributed by atoms with E-state index in [1.165, 1.54) is 16.7 Å². The molecule has 0 bridgehead atoms. The van der Waals surface area contributed by atoms with E-state index in [0.29, 0.717) is 53.4 Å². The van der Waals surface area contributed by atoms with Crippen molar-refractivity contribution >= 4 is 69.9 Å². The average molecular weight is 676 g/mol. The Balaban J connectivity index is 2.21. The summed E-state index contributed by atoms with van der Waals surface area (Å²) in [6, 6.07) is 3.60. The van der Waals surface area contributed by atoms with E-state index in [-0.39, 0.29) is 36.8 Å². The molecule has 46 heavy (non-hydrogen) atoms. The highest BCUT2D eigenvalue weighted by Crippen LogP contribution is 2.31. The van der Waals surface area contributed by atoms with Crippen LogP contribution in [0.2, 0.25) is 0 Å². The molecule has 14 nitrogen and oxygen atoms in total. The van der Waals surface area contributed by atoms with Crippen LogP contribution in [-0.4, -0.2) is 83.0 Å². The van der Waals surface area contributed by atoms with E-state index in [1.807, 2.05) is 6.92 Å². The van der Waals surface area contributed by atoms with Crippen LogP contribution in [0.25, 0.3) is 6.08 Å². The third-order valence-corrected chi connectivity index (χ3v) is 8.60. The molecular formula is C30H45N9O5S2. The number of likely N-dealkylation sites (N-methyl/N-ethyl adjacent to an activating group) is 1. The molecule has 2 rings (SSSR count). The van der Waals surface area contributed by atoms with Crippen molar-refractivity contribution in [1.82, 2.24) is 20.9 Å². The Kier molecular flexibility index (Phi) is 16.2. The van der Waals surface area contributed by atoms with E-state index in [9.17, 15) is 24.0 Å². The van der Waals surface area contributed by atoms with Gasteiger partial charge in [0.05, 0.1) is 4.91 Å². The number of unbranched alkanes of at least 4 members (excludes halogenated alkanes) is 2. The van der Waals surface area contributed by atoms with Gasteiger partial charge < -0.3 is 38.9 Å². The number of primary amides is 1. The monoisotopic (exact) mass is 675 g/mol. The Morgan fingerprint density at radius 3 is 2.04 bits per heavy atom. The summed E-state index contributed by atoms with van der Waals surface area (Å²) in [5.74, 6) is -2.63. The van der Waals surface area contributed by atoms with Gasteiger partial charge in [-0.2, -0.15) is 0 Å². The molecule has 1 fully saturated rings. The molecule has 1 heterocycles. The topological polar surface area (TPSA) is 241 Å². The normalized spacial score (nSPS) is 15.6. The van der Waals surface area contributed by atoms with E-state index < -0.39 is 41.8 Å². The van der Waals surface area contributed by atoms with Crippen molar-refractivity contribution in [1.29, 1.82) is 0 Å². The minimum atomic E-state index is -1.04. The summed E-state index contributed by atoms with van der Waals surface area (Å²) in [6.07, 6.45) is 5.51. The molecule has 0 aliphatic carbocycles. The fourth-order valence-electron chi connectivity index (χ4n) is 4.44. The Morgan fingerprint density at radius 1 is 0.913 bits per heavy atom. The zero-order valence-corrected chi connectivity index (χ0v) is 27.9. The number of rotatable bonds is 19. The number of nitrogens with two attached hydrogens (primary N) is 4. The van der Waals surface area contributed by atoms with E-state index in [4.69, 9.17) is 35.2 Å². The molecule has 11 N–H and O–H groups in total. The van der Waals surface area contributed by atoms with Crippen molar-refractivity contribution in [3.05, 3.63) is 40.3 Å². The molecule has 0 aromatic heterocycles. The molecule has 0 radical (unpaired) electrons. The number of nitrogens with one attached hydrogen (secondary N) is 3. The maximum Gasteiger partial charge on any atom is 0.265 e. The van der Waals surface area contributed by atoms with Gasteiger partial charge in [-0.3, -0.25) is 33.9 Å². The predicted octanol–water partition coefficient (Wildman–Crippen LogP) is 0.444. The third kappa shape index (κ3) is 12.4. The first-order valence-electron chi connectivity index (χ1n) is 15.2. The summed E-state index contributed by atoms with van der Waals surface area (Å²) < 4.78 is 0.458. The van der Waals surface area contributed by atoms with Crippen molar-refractivity contribution < 1.29 is 24.0 Å². The summed E-state index contributed by atoms with van der Waals surface area (Å²) in [6.45, 7) is 2.58. The number of aliphatic imine (C=N–C) groups is 1. The van der Waals surface area contributed by atoms with Crippen LogP contribution < -0.4 is 38.9 Å². The highest BCUT2D eigenvalue weighted by molar-refractivity contribution is 8.26. The van der Waals surface area contributed by atoms with Crippen molar-refractivity contribution in [2.75, 3.05) is 20.1 Å². The van der Waals surface area contributed by atoms with Crippen molar-refractivity contribution in [2.45, 2.75) is 76.4 Å². The summed E-state index contributed by atoms with van der Waals surface area (Å²) in [5.41, 5.74) is 22.9. The first kappa shape index (κ1) is 38.2. The third-order valence-electron chi connectivity index (χ3n) is 7.11. The summed E-state index contributed by atoms with van der Waals surface area (Å²) >= 11 is 6.36. The van der Waals surface area contributed by atoms with Gasteiger partial charge in [-0.15, -0.1) is 0 Å². The van der Waals surface area contributed by atoms with Crippen molar-refractivity contribution in [3.8, 4) is 0 Å². The van der Waals surface area contributed by atoms with Crippen LogP contribution in [0.1, 0.15) is 74.2 Å². The van der Waals surface area contributed by atoms with Crippen molar-refractivity contribution in [2.24, 2.45) is 27.9 Å². The van der Waals surface area contributed by atoms with E-state index in [2.05, 4.69) is 20.9 Å². The van der Waals surface area contributed by atoms with E-state index in [1.54, 1.807) is 37.4 Å². The molecule has 5 amide bonds. The van der Waals surface area contributed by atoms with Crippen LogP contribution in [0.5, 0.6) is 0 Å². The zero-order valence-electron chi connectivity index (χ0n) is 26.3. The number of amides is 5. The van der Waals surface area contributed by atoms with Gasteiger partial charge in [-0.25, -0.2) is 0 Å². The highest BCUT2D eigenvalue weighted by atomic mass is 32.2. The lowest BCUT2D eigenvalue weighted by atomic mass is 10.0. The van der Waals surface area contributed by atoms with Crippen LogP contribution in [0.3, 0.4) is 0 Å². The SMILES string of the molecule is CCCC[C@H](NC(=O)[C@H](CCCCN)NC(=O)[C@H](CCCN=C(N)N)NC(=O)c1ccc(/C=C2\SC(=S)N(C)C2=O)cc1)C(N)=O. The van der Waals surface area contributed by atoms with Gasteiger partial charge in [0, 0.05) is 19.2 Å². The van der Waals surface area contributed by atoms with Gasteiger partial charge in [-0.05, 0) is 68.8 Å². The minimum absolute atomic E-state index is 0.102. The number of thioether (sulfide) groups is 1. The van der Waals surface area contributed by atoms with Gasteiger partial charge >= 0.3 is 0 Å². The molecule has 0 saturated carbocycles. The lowest BCUT2D eigenvalue weighted by molar-refractivity contribution is -0.132. The molecule has 1 saturated heterocycles. The Hall–Kier alpha value is -4.02. The Labute approximate surface area is 278 Å². The van der Waals surface area contributed by atoms with E-state index >= 15 is 0 Å². The number of benzene rings is 1. The second kappa shape index (κ2) is 19.5. The Bertz CT molecular complexity index is 1320. The lowest BCUT2D eigenvalue weighted by Crippen LogP contribution is -2.56. The van der Waals surface area contributed by atoms with Gasteiger partial charge in [-0.1, -0.05) is 55.9 Å². The largest absolute Gasteiger partial charge is 0.370 e. The fraction of sp³-hybridized carbons (Fsp3) is 0.500. The quantitative estimate of drug-likeness (QED) is 0.0351. The maximum absolute atomic E-state index is 13.5. The number of carbonyl (C=O) groups is 5. The minimum Gasteiger partial charge on any atom is -0.370 e. The van der Waals surface area contributed by atoms with Crippen LogP contribution >= 0.6 is 24.0 Å². The molecule has 1 aromatic carbocycles. The molecule has 1 aromatic rings. The molecule has 3 atom stereocenters. The lowest BCUT2D eigenvalue weighted by Gasteiger charge is -2.25. The van der Waals surface area contributed by atoms with Gasteiger partial charge in [0.1, 0.15) is 22.4 Å². The average Bonchev–Trinajstić information content (AvgIpc) is 3.25. The van der Waals surface area contributed by atoms with Crippen LogP contribution in [-0.2, 0) is 19.2 Å². The molecular weight excluding hydrogens is 631 g/mol. The first-order chi connectivity index (χ1) is 21.9. The maximum atomic E-state index is 13.5.